The average Bonchev–Trinajstić information content (AvgIpc) is 3.16. The Hall–Kier alpha value is -3.19. The van der Waals surface area contributed by atoms with Crippen LogP contribution in [0.15, 0.2) is 60.0 Å². The third-order valence-electron chi connectivity index (χ3n) is 4.11. The monoisotopic (exact) mass is 395 g/mol. The zero-order chi connectivity index (χ0) is 19.9. The lowest BCUT2D eigenvalue weighted by atomic mass is 10.0. The van der Waals surface area contributed by atoms with Crippen LogP contribution in [0.2, 0.25) is 0 Å². The molecule has 3 rings (SSSR count). The Morgan fingerprint density at radius 1 is 1.11 bits per heavy atom. The van der Waals surface area contributed by atoms with Gasteiger partial charge in [0.2, 0.25) is 11.8 Å². The maximum Gasteiger partial charge on any atom is 0.228 e. The minimum atomic E-state index is -0.389. The number of thiazole rings is 1. The highest BCUT2D eigenvalue weighted by molar-refractivity contribution is 7.14. The molecule has 2 N–H and O–H groups in total. The normalized spacial score (nSPS) is 11.5. The number of carbonyl (C=O) groups excluding carboxylic acids is 2. The maximum atomic E-state index is 12.5. The van der Waals surface area contributed by atoms with Gasteiger partial charge >= 0.3 is 0 Å². The van der Waals surface area contributed by atoms with E-state index in [1.807, 2.05) is 60.0 Å². The second-order valence-corrected chi connectivity index (χ2v) is 7.04. The van der Waals surface area contributed by atoms with Gasteiger partial charge < -0.3 is 15.4 Å². The maximum absolute atomic E-state index is 12.5. The van der Waals surface area contributed by atoms with Crippen molar-refractivity contribution in [2.75, 3.05) is 12.4 Å². The van der Waals surface area contributed by atoms with Crippen LogP contribution in [0, 0.1) is 0 Å². The van der Waals surface area contributed by atoms with Gasteiger partial charge in [0.05, 0.1) is 25.3 Å². The fourth-order valence-electron chi connectivity index (χ4n) is 2.76. The molecule has 3 aromatic rings. The number of hydrogen-bond donors (Lipinski definition) is 2. The Morgan fingerprint density at radius 2 is 1.82 bits per heavy atom. The second kappa shape index (κ2) is 9.14. The summed E-state index contributed by atoms with van der Waals surface area (Å²) in [4.78, 5) is 28.5. The molecule has 0 aliphatic rings. The predicted molar refractivity (Wildman–Crippen MR) is 110 cm³/mol. The molecule has 0 bridgehead atoms. The van der Waals surface area contributed by atoms with Crippen LogP contribution in [0.3, 0.4) is 0 Å². The number of amides is 2. The van der Waals surface area contributed by atoms with Crippen molar-refractivity contribution in [2.45, 2.75) is 19.4 Å². The summed E-state index contributed by atoms with van der Waals surface area (Å²) in [5.74, 6) is 0.383. The molecular formula is C21H21N3O3S. The Labute approximate surface area is 167 Å². The predicted octanol–water partition coefficient (Wildman–Crippen LogP) is 4.02. The van der Waals surface area contributed by atoms with Crippen LogP contribution >= 0.6 is 11.3 Å². The molecule has 28 heavy (non-hydrogen) atoms. The molecule has 0 radical (unpaired) electrons. The summed E-state index contributed by atoms with van der Waals surface area (Å²) in [5, 5.41) is 8.05. The van der Waals surface area contributed by atoms with E-state index in [4.69, 9.17) is 4.74 Å². The van der Waals surface area contributed by atoms with Crippen LogP contribution < -0.4 is 15.4 Å². The highest BCUT2D eigenvalue weighted by Crippen LogP contribution is 2.27. The molecule has 1 aromatic heterocycles. The molecule has 2 amide bonds. The molecule has 2 aromatic carbocycles. The lowest BCUT2D eigenvalue weighted by Crippen LogP contribution is -2.29. The largest absolute Gasteiger partial charge is 0.497 e. The van der Waals surface area contributed by atoms with Crippen molar-refractivity contribution in [2.24, 2.45) is 0 Å². The topological polar surface area (TPSA) is 80.3 Å². The Morgan fingerprint density at radius 3 is 2.46 bits per heavy atom. The number of nitrogens with zero attached hydrogens (tertiary/aromatic N) is 1. The average molecular weight is 395 g/mol. The Bertz CT molecular complexity index is 939. The van der Waals surface area contributed by atoms with E-state index in [0.717, 1.165) is 22.6 Å². The van der Waals surface area contributed by atoms with Gasteiger partial charge in [-0.25, -0.2) is 4.98 Å². The van der Waals surface area contributed by atoms with Crippen LogP contribution in [0.4, 0.5) is 5.13 Å². The molecule has 1 heterocycles. The third kappa shape index (κ3) is 5.17. The summed E-state index contributed by atoms with van der Waals surface area (Å²) in [6.07, 6.45) is 0.126. The molecule has 6 nitrogen and oxygen atoms in total. The first kappa shape index (κ1) is 19.6. The highest BCUT2D eigenvalue weighted by Gasteiger charge is 2.18. The molecular weight excluding hydrogens is 374 g/mol. The molecule has 0 aliphatic heterocycles. The standard InChI is InChI=1S/C21H21N3O3S/c1-14(25)22-18(15-6-4-3-5-7-15)12-20(26)24-21-23-19(13-28-21)16-8-10-17(27-2)11-9-16/h3-11,13,18H,12H2,1-2H3,(H,22,25)(H,23,24,26)/t18-/m1/s1. The van der Waals surface area contributed by atoms with E-state index in [0.29, 0.717) is 5.13 Å². The van der Waals surface area contributed by atoms with Crippen LogP contribution in [-0.4, -0.2) is 23.9 Å². The number of methoxy groups -OCH3 is 1. The van der Waals surface area contributed by atoms with Gasteiger partial charge in [0, 0.05) is 17.9 Å². The fourth-order valence-corrected chi connectivity index (χ4v) is 3.50. The summed E-state index contributed by atoms with van der Waals surface area (Å²) >= 11 is 1.36. The van der Waals surface area contributed by atoms with Crippen molar-refractivity contribution >= 4 is 28.3 Å². The van der Waals surface area contributed by atoms with E-state index >= 15 is 0 Å². The van der Waals surface area contributed by atoms with Gasteiger partial charge in [-0.3, -0.25) is 9.59 Å². The molecule has 0 spiro atoms. The number of hydrogen-bond acceptors (Lipinski definition) is 5. The van der Waals surface area contributed by atoms with E-state index in [1.165, 1.54) is 18.3 Å². The van der Waals surface area contributed by atoms with E-state index in [9.17, 15) is 9.59 Å². The second-order valence-electron chi connectivity index (χ2n) is 6.18. The Balaban J connectivity index is 1.66. The van der Waals surface area contributed by atoms with Crippen molar-refractivity contribution in [3.63, 3.8) is 0 Å². The van der Waals surface area contributed by atoms with Crippen molar-refractivity contribution in [3.05, 3.63) is 65.5 Å². The fraction of sp³-hybridized carbons (Fsp3) is 0.190. The molecule has 0 aliphatic carbocycles. The first-order valence-electron chi connectivity index (χ1n) is 8.77. The minimum Gasteiger partial charge on any atom is -0.497 e. The van der Waals surface area contributed by atoms with E-state index in [1.54, 1.807) is 7.11 Å². The summed E-state index contributed by atoms with van der Waals surface area (Å²) in [6, 6.07) is 16.6. The Kier molecular flexibility index (Phi) is 6.39. The number of aromatic nitrogens is 1. The van der Waals surface area contributed by atoms with Gasteiger partial charge in [-0.1, -0.05) is 30.3 Å². The SMILES string of the molecule is COc1ccc(-c2csc(NC(=O)C[C@@H](NC(C)=O)c3ccccc3)n2)cc1. The van der Waals surface area contributed by atoms with Crippen molar-refractivity contribution < 1.29 is 14.3 Å². The van der Waals surface area contributed by atoms with Gasteiger partial charge in [0.15, 0.2) is 5.13 Å². The zero-order valence-electron chi connectivity index (χ0n) is 15.6. The number of nitrogens with one attached hydrogen (secondary N) is 2. The third-order valence-corrected chi connectivity index (χ3v) is 4.86. The molecule has 7 heteroatoms. The van der Waals surface area contributed by atoms with Gasteiger partial charge in [-0.15, -0.1) is 11.3 Å². The number of carbonyl (C=O) groups is 2. The van der Waals surface area contributed by atoms with Crippen molar-refractivity contribution in [3.8, 4) is 17.0 Å². The number of benzene rings is 2. The number of ether oxygens (including phenoxy) is 1. The lowest BCUT2D eigenvalue weighted by Gasteiger charge is -2.17. The van der Waals surface area contributed by atoms with E-state index in [-0.39, 0.29) is 24.3 Å². The lowest BCUT2D eigenvalue weighted by molar-refractivity contribution is -0.120. The van der Waals surface area contributed by atoms with E-state index < -0.39 is 0 Å². The van der Waals surface area contributed by atoms with Gasteiger partial charge in [0.1, 0.15) is 5.75 Å². The van der Waals surface area contributed by atoms with Crippen LogP contribution in [-0.2, 0) is 9.59 Å². The quantitative estimate of drug-likeness (QED) is 0.633. The molecule has 0 saturated carbocycles. The van der Waals surface area contributed by atoms with Gasteiger partial charge in [-0.05, 0) is 29.8 Å². The minimum absolute atomic E-state index is 0.126. The molecule has 1 atom stereocenters. The summed E-state index contributed by atoms with van der Waals surface area (Å²) in [6.45, 7) is 1.44. The summed E-state index contributed by atoms with van der Waals surface area (Å²) in [5.41, 5.74) is 2.60. The van der Waals surface area contributed by atoms with Gasteiger partial charge in [0.25, 0.3) is 0 Å². The highest BCUT2D eigenvalue weighted by atomic mass is 32.1. The molecule has 0 unspecified atom stereocenters. The van der Waals surface area contributed by atoms with E-state index in [2.05, 4.69) is 15.6 Å². The first-order chi connectivity index (χ1) is 13.5. The molecule has 0 fully saturated rings. The summed E-state index contributed by atoms with van der Waals surface area (Å²) in [7, 11) is 1.62. The van der Waals surface area contributed by atoms with Crippen LogP contribution in [0.25, 0.3) is 11.3 Å². The van der Waals surface area contributed by atoms with Crippen LogP contribution in [0.5, 0.6) is 5.75 Å². The van der Waals surface area contributed by atoms with Crippen molar-refractivity contribution in [1.82, 2.24) is 10.3 Å². The van der Waals surface area contributed by atoms with Crippen LogP contribution in [0.1, 0.15) is 24.9 Å². The summed E-state index contributed by atoms with van der Waals surface area (Å²) < 4.78 is 5.16. The van der Waals surface area contributed by atoms with Gasteiger partial charge in [-0.2, -0.15) is 0 Å². The first-order valence-corrected chi connectivity index (χ1v) is 9.65. The molecule has 144 valence electrons. The van der Waals surface area contributed by atoms with Crippen molar-refractivity contribution in [1.29, 1.82) is 0 Å². The zero-order valence-corrected chi connectivity index (χ0v) is 16.5. The number of rotatable bonds is 7. The smallest absolute Gasteiger partial charge is 0.228 e. The molecule has 0 saturated heterocycles. The number of anilines is 1.